The molecule has 0 saturated heterocycles. The summed E-state index contributed by atoms with van der Waals surface area (Å²) in [7, 11) is 9.75. The Balaban J connectivity index is 0.000000284. The van der Waals surface area contributed by atoms with Crippen molar-refractivity contribution in [3.05, 3.63) is 84.6 Å². The van der Waals surface area contributed by atoms with Crippen molar-refractivity contribution in [2.75, 3.05) is 0 Å². The standard InChI is InChI=1S/2C8H9.2ClH.Pt/c2*1-7-3-5-8(2)6-4-7;;;/h2*3-6H,1H2,2H3;2*1H;/q2*-1;;;+4/p-2. The van der Waals surface area contributed by atoms with Crippen LogP contribution in [0.5, 0.6) is 0 Å². The number of hydrogen-bond donors (Lipinski definition) is 0. The molecule has 0 heterocycles. The molecule has 2 aromatic carbocycles. The molecule has 0 aliphatic rings. The topological polar surface area (TPSA) is 0 Å². The van der Waals surface area contributed by atoms with Crippen LogP contribution in [0.25, 0.3) is 0 Å². The molecule has 19 heavy (non-hydrogen) atoms. The van der Waals surface area contributed by atoms with Crippen molar-refractivity contribution in [3.63, 3.8) is 0 Å². The Morgan fingerprint density at radius 1 is 0.684 bits per heavy atom. The molecule has 2 rings (SSSR count). The summed E-state index contributed by atoms with van der Waals surface area (Å²) >= 11 is -0.472. The molecule has 0 spiro atoms. The molecule has 0 aliphatic heterocycles. The minimum atomic E-state index is -0.472. The van der Waals surface area contributed by atoms with Crippen molar-refractivity contribution < 1.29 is 16.5 Å². The van der Waals surface area contributed by atoms with Crippen LogP contribution in [0.2, 0.25) is 0 Å². The fourth-order valence-electron chi connectivity index (χ4n) is 1.18. The zero-order valence-electron chi connectivity index (χ0n) is 11.1. The SMILES string of the molecule is [CH2-]c1ccc(C)cc1.[CH2-]c1ccc(C)cc1.[Cl][Pt+2][Cl]. The van der Waals surface area contributed by atoms with E-state index in [-0.39, 0.29) is 0 Å². The van der Waals surface area contributed by atoms with Gasteiger partial charge in [0.15, 0.2) is 0 Å². The molecule has 0 nitrogen and oxygen atoms in total. The molecular formula is C16H18Cl2Pt. The maximum atomic E-state index is 4.88. The van der Waals surface area contributed by atoms with E-state index in [2.05, 4.69) is 52.0 Å². The van der Waals surface area contributed by atoms with Crippen LogP contribution < -0.4 is 0 Å². The van der Waals surface area contributed by atoms with Crippen molar-refractivity contribution in [3.8, 4) is 0 Å². The average Bonchev–Trinajstić information content (AvgIpc) is 2.38. The number of halogens is 2. The molecular weight excluding hydrogens is 458 g/mol. The van der Waals surface area contributed by atoms with Gasteiger partial charge in [-0.2, -0.15) is 49.2 Å². The van der Waals surface area contributed by atoms with E-state index >= 15 is 0 Å². The molecule has 0 radical (unpaired) electrons. The third-order valence-corrected chi connectivity index (χ3v) is 2.24. The first-order chi connectivity index (χ1) is 8.99. The summed E-state index contributed by atoms with van der Waals surface area (Å²) in [5, 5.41) is 0. The third-order valence-electron chi connectivity index (χ3n) is 2.24. The second-order valence-electron chi connectivity index (χ2n) is 4.02. The average molecular weight is 476 g/mol. The summed E-state index contributed by atoms with van der Waals surface area (Å²) in [6, 6.07) is 16.3. The van der Waals surface area contributed by atoms with Gasteiger partial charge in [0.1, 0.15) is 0 Å². The molecule has 0 aliphatic carbocycles. The van der Waals surface area contributed by atoms with Crippen molar-refractivity contribution in [1.29, 1.82) is 0 Å². The second-order valence-corrected chi connectivity index (χ2v) is 7.30. The first-order valence-corrected chi connectivity index (χ1v) is 11.2. The minimum absolute atomic E-state index is 0.472. The van der Waals surface area contributed by atoms with Gasteiger partial charge in [-0.25, -0.2) is 0 Å². The third kappa shape index (κ3) is 11.0. The van der Waals surface area contributed by atoms with Crippen molar-refractivity contribution in [1.82, 2.24) is 0 Å². The summed E-state index contributed by atoms with van der Waals surface area (Å²) in [6.07, 6.45) is 0. The van der Waals surface area contributed by atoms with Gasteiger partial charge in [0.2, 0.25) is 0 Å². The molecule has 0 N–H and O–H groups in total. The van der Waals surface area contributed by atoms with E-state index in [0.29, 0.717) is 0 Å². The zero-order chi connectivity index (χ0) is 14.7. The van der Waals surface area contributed by atoms with E-state index in [1.807, 2.05) is 24.3 Å². The van der Waals surface area contributed by atoms with Crippen molar-refractivity contribution >= 4 is 18.8 Å². The monoisotopic (exact) mass is 475 g/mol. The van der Waals surface area contributed by atoms with Gasteiger partial charge in [0.25, 0.3) is 0 Å². The van der Waals surface area contributed by atoms with E-state index in [1.54, 1.807) is 0 Å². The van der Waals surface area contributed by atoms with Gasteiger partial charge in [-0.1, -0.05) is 11.1 Å². The molecule has 0 fully saturated rings. The van der Waals surface area contributed by atoms with Crippen LogP contribution in [0.1, 0.15) is 22.3 Å². The number of aryl methyl sites for hydroxylation is 2. The van der Waals surface area contributed by atoms with E-state index in [1.165, 1.54) is 11.1 Å². The van der Waals surface area contributed by atoms with Crippen molar-refractivity contribution in [2.24, 2.45) is 0 Å². The molecule has 0 bridgehead atoms. The van der Waals surface area contributed by atoms with Gasteiger partial charge < -0.3 is 0 Å². The van der Waals surface area contributed by atoms with Crippen LogP contribution in [0.3, 0.4) is 0 Å². The molecule has 0 aromatic heterocycles. The van der Waals surface area contributed by atoms with Crippen molar-refractivity contribution in [2.45, 2.75) is 13.8 Å². The Morgan fingerprint density at radius 3 is 1.05 bits per heavy atom. The Hall–Kier alpha value is -0.552. The first kappa shape index (κ1) is 18.4. The predicted molar refractivity (Wildman–Crippen MR) is 83.0 cm³/mol. The van der Waals surface area contributed by atoms with E-state index in [9.17, 15) is 0 Å². The van der Waals surface area contributed by atoms with Crippen LogP contribution in [-0.4, -0.2) is 0 Å². The molecule has 106 valence electrons. The van der Waals surface area contributed by atoms with Crippen LogP contribution in [-0.2, 0) is 16.5 Å². The fraction of sp³-hybridized carbons (Fsp3) is 0.125. The summed E-state index contributed by atoms with van der Waals surface area (Å²) in [5.74, 6) is 0. The molecule has 2 aromatic rings. The molecule has 0 saturated carbocycles. The summed E-state index contributed by atoms with van der Waals surface area (Å²) in [6.45, 7) is 11.7. The Morgan fingerprint density at radius 2 is 0.895 bits per heavy atom. The van der Waals surface area contributed by atoms with Gasteiger partial charge in [0, 0.05) is 0 Å². The van der Waals surface area contributed by atoms with Gasteiger partial charge in [-0.15, -0.1) is 24.3 Å². The number of hydrogen-bond acceptors (Lipinski definition) is 0. The van der Waals surface area contributed by atoms with E-state index < -0.39 is 16.5 Å². The number of benzene rings is 2. The maximum absolute atomic E-state index is 4.88. The zero-order valence-corrected chi connectivity index (χ0v) is 14.9. The Bertz CT molecular complexity index is 350. The summed E-state index contributed by atoms with van der Waals surface area (Å²) in [5.41, 5.74) is 4.74. The first-order valence-electron chi connectivity index (χ1n) is 5.59. The van der Waals surface area contributed by atoms with Gasteiger partial charge in [-0.3, -0.25) is 0 Å². The Kier molecular flexibility index (Phi) is 11.0. The van der Waals surface area contributed by atoms with E-state index in [0.717, 1.165) is 11.1 Å². The fourth-order valence-corrected chi connectivity index (χ4v) is 1.18. The normalized spacial score (nSPS) is 8.84. The molecule has 3 heteroatoms. The second kappa shape index (κ2) is 11.3. The van der Waals surface area contributed by atoms with E-state index in [4.69, 9.17) is 18.8 Å². The van der Waals surface area contributed by atoms with Gasteiger partial charge in [-0.05, 0) is 13.8 Å². The predicted octanol–water partition coefficient (Wildman–Crippen LogP) is 5.73. The van der Waals surface area contributed by atoms with Crippen LogP contribution in [0.4, 0.5) is 0 Å². The van der Waals surface area contributed by atoms with Gasteiger partial charge >= 0.3 is 35.3 Å². The van der Waals surface area contributed by atoms with Crippen LogP contribution in [0.15, 0.2) is 48.5 Å². The summed E-state index contributed by atoms with van der Waals surface area (Å²) < 4.78 is 0. The summed E-state index contributed by atoms with van der Waals surface area (Å²) in [4.78, 5) is 0. The number of rotatable bonds is 0. The van der Waals surface area contributed by atoms with Crippen LogP contribution >= 0.6 is 18.8 Å². The Labute approximate surface area is 133 Å². The molecule has 0 unspecified atom stereocenters. The molecule has 0 atom stereocenters. The van der Waals surface area contributed by atoms with Gasteiger partial charge in [0.05, 0.1) is 0 Å². The molecule has 0 amide bonds. The quantitative estimate of drug-likeness (QED) is 0.426. The van der Waals surface area contributed by atoms with Crippen LogP contribution in [0, 0.1) is 27.7 Å².